The predicted octanol–water partition coefficient (Wildman–Crippen LogP) is 3.95. The molecule has 0 aliphatic carbocycles. The maximum absolute atomic E-state index is 12.8. The molecule has 1 saturated heterocycles. The Morgan fingerprint density at radius 2 is 1.83 bits per heavy atom. The van der Waals surface area contributed by atoms with Crippen LogP contribution in [-0.2, 0) is 4.79 Å². The predicted molar refractivity (Wildman–Crippen MR) is 116 cm³/mol. The van der Waals surface area contributed by atoms with E-state index in [0.717, 1.165) is 12.1 Å². The van der Waals surface area contributed by atoms with Gasteiger partial charge in [0, 0.05) is 43.7 Å². The van der Waals surface area contributed by atoms with E-state index in [1.165, 1.54) is 18.2 Å². The van der Waals surface area contributed by atoms with Gasteiger partial charge in [0.05, 0.1) is 16.3 Å². The van der Waals surface area contributed by atoms with Crippen LogP contribution in [0, 0.1) is 10.1 Å². The van der Waals surface area contributed by atoms with Crippen LogP contribution in [0.1, 0.15) is 30.1 Å². The molecular formula is C21H23ClN4O4. The minimum Gasteiger partial charge on any atom is -0.366 e. The molecule has 0 bridgehead atoms. The fourth-order valence-electron chi connectivity index (χ4n) is 3.47. The highest BCUT2D eigenvalue weighted by atomic mass is 35.5. The third-order valence-electron chi connectivity index (χ3n) is 4.99. The van der Waals surface area contributed by atoms with Crippen molar-refractivity contribution in [2.45, 2.75) is 19.8 Å². The molecule has 1 heterocycles. The van der Waals surface area contributed by atoms with E-state index in [1.807, 2.05) is 11.8 Å². The summed E-state index contributed by atoms with van der Waals surface area (Å²) in [5.74, 6) is -0.430. The molecule has 0 spiro atoms. The Labute approximate surface area is 179 Å². The molecule has 1 fully saturated rings. The molecule has 2 aromatic carbocycles. The molecule has 9 heteroatoms. The van der Waals surface area contributed by atoms with Crippen molar-refractivity contribution in [1.29, 1.82) is 0 Å². The number of hydrogen-bond donors (Lipinski definition) is 1. The first kappa shape index (κ1) is 21.6. The van der Waals surface area contributed by atoms with Gasteiger partial charge in [-0.25, -0.2) is 0 Å². The average molecular weight is 431 g/mol. The Morgan fingerprint density at radius 1 is 1.13 bits per heavy atom. The summed E-state index contributed by atoms with van der Waals surface area (Å²) in [6.45, 7) is 4.41. The fraction of sp³-hybridized carbons (Fsp3) is 0.333. The lowest BCUT2D eigenvalue weighted by molar-refractivity contribution is -0.385. The van der Waals surface area contributed by atoms with Gasteiger partial charge in [0.2, 0.25) is 5.91 Å². The van der Waals surface area contributed by atoms with Crippen LogP contribution in [0.2, 0.25) is 5.02 Å². The van der Waals surface area contributed by atoms with Crippen LogP contribution >= 0.6 is 11.6 Å². The number of carbonyl (C=O) groups excluding carboxylic acids is 2. The molecule has 0 atom stereocenters. The SMILES string of the molecule is CCCC(=O)N1CCN(c2ccc(Cl)cc2NC(=O)c2ccccc2[N+](=O)[O-])CC1. The van der Waals surface area contributed by atoms with Gasteiger partial charge < -0.3 is 15.1 Å². The number of nitro benzene ring substituents is 1. The zero-order chi connectivity index (χ0) is 21.7. The van der Waals surface area contributed by atoms with Gasteiger partial charge in [-0.1, -0.05) is 30.7 Å². The molecule has 0 aromatic heterocycles. The topological polar surface area (TPSA) is 95.8 Å². The standard InChI is InChI=1S/C21H23ClN4O4/c1-2-5-20(27)25-12-10-24(11-13-25)19-9-8-15(22)14-17(19)23-21(28)16-6-3-4-7-18(16)26(29)30/h3-4,6-9,14H,2,5,10-13H2,1H3,(H,23,28). The first-order valence-corrected chi connectivity index (χ1v) is 10.2. The van der Waals surface area contributed by atoms with Gasteiger partial charge >= 0.3 is 0 Å². The lowest BCUT2D eigenvalue weighted by Crippen LogP contribution is -2.48. The summed E-state index contributed by atoms with van der Waals surface area (Å²) in [6.07, 6.45) is 1.36. The van der Waals surface area contributed by atoms with Gasteiger partial charge in [-0.2, -0.15) is 0 Å². The lowest BCUT2D eigenvalue weighted by Gasteiger charge is -2.37. The summed E-state index contributed by atoms with van der Waals surface area (Å²) in [5.41, 5.74) is 0.943. The molecule has 1 aliphatic heterocycles. The number of benzene rings is 2. The van der Waals surface area contributed by atoms with Crippen LogP contribution in [0.25, 0.3) is 0 Å². The molecule has 30 heavy (non-hydrogen) atoms. The normalized spacial score (nSPS) is 13.8. The van der Waals surface area contributed by atoms with Crippen molar-refractivity contribution in [3.05, 3.63) is 63.2 Å². The number of hydrogen-bond acceptors (Lipinski definition) is 5. The molecule has 1 aliphatic rings. The summed E-state index contributed by atoms with van der Waals surface area (Å²) in [7, 11) is 0. The number of nitro groups is 1. The lowest BCUT2D eigenvalue weighted by atomic mass is 10.1. The molecule has 158 valence electrons. The zero-order valence-corrected chi connectivity index (χ0v) is 17.4. The number of rotatable bonds is 6. The smallest absolute Gasteiger partial charge is 0.282 e. The van der Waals surface area contributed by atoms with Crippen LogP contribution in [-0.4, -0.2) is 47.8 Å². The summed E-state index contributed by atoms with van der Waals surface area (Å²) < 4.78 is 0. The number of carbonyl (C=O) groups is 2. The highest BCUT2D eigenvalue weighted by molar-refractivity contribution is 6.31. The highest BCUT2D eigenvalue weighted by Gasteiger charge is 2.24. The van der Waals surface area contributed by atoms with Crippen LogP contribution < -0.4 is 10.2 Å². The van der Waals surface area contributed by atoms with Gasteiger partial charge in [-0.05, 0) is 30.7 Å². The minimum atomic E-state index is -0.583. The second-order valence-corrected chi connectivity index (χ2v) is 7.44. The third-order valence-corrected chi connectivity index (χ3v) is 5.22. The van der Waals surface area contributed by atoms with E-state index in [2.05, 4.69) is 10.2 Å². The summed E-state index contributed by atoms with van der Waals surface area (Å²) in [4.78, 5) is 39.5. The number of amides is 2. The monoisotopic (exact) mass is 430 g/mol. The third kappa shape index (κ3) is 4.88. The van der Waals surface area contributed by atoms with E-state index >= 15 is 0 Å². The van der Waals surface area contributed by atoms with Crippen molar-refractivity contribution in [2.75, 3.05) is 36.4 Å². The number of anilines is 2. The number of para-hydroxylation sites is 1. The summed E-state index contributed by atoms with van der Waals surface area (Å²) in [5, 5.41) is 14.4. The quantitative estimate of drug-likeness (QED) is 0.553. The van der Waals surface area contributed by atoms with Gasteiger partial charge in [-0.15, -0.1) is 0 Å². The van der Waals surface area contributed by atoms with Crippen molar-refractivity contribution in [3.63, 3.8) is 0 Å². The molecule has 0 unspecified atom stereocenters. The summed E-state index contributed by atoms with van der Waals surface area (Å²) >= 11 is 6.14. The van der Waals surface area contributed by atoms with Crippen LogP contribution in [0.15, 0.2) is 42.5 Å². The number of nitrogens with zero attached hydrogens (tertiary/aromatic N) is 3. The largest absolute Gasteiger partial charge is 0.366 e. The number of nitrogens with one attached hydrogen (secondary N) is 1. The number of halogens is 1. The Hall–Kier alpha value is -3.13. The summed E-state index contributed by atoms with van der Waals surface area (Å²) in [6, 6.07) is 11.0. The molecule has 0 radical (unpaired) electrons. The van der Waals surface area contributed by atoms with Gasteiger partial charge in [0.1, 0.15) is 5.56 Å². The molecule has 2 aromatic rings. The van der Waals surface area contributed by atoms with E-state index in [-0.39, 0.29) is 17.2 Å². The van der Waals surface area contributed by atoms with Gasteiger partial charge in [0.15, 0.2) is 0 Å². The van der Waals surface area contributed by atoms with Crippen molar-refractivity contribution in [3.8, 4) is 0 Å². The van der Waals surface area contributed by atoms with E-state index in [0.29, 0.717) is 43.3 Å². The second-order valence-electron chi connectivity index (χ2n) is 7.01. The van der Waals surface area contributed by atoms with Gasteiger partial charge in [0.25, 0.3) is 11.6 Å². The molecular weight excluding hydrogens is 408 g/mol. The first-order valence-electron chi connectivity index (χ1n) is 9.77. The number of piperazine rings is 1. The van der Waals surface area contributed by atoms with Crippen LogP contribution in [0.3, 0.4) is 0 Å². The Kier molecular flexibility index (Phi) is 6.89. The van der Waals surface area contributed by atoms with Crippen molar-refractivity contribution >= 4 is 40.5 Å². The Morgan fingerprint density at radius 3 is 2.50 bits per heavy atom. The van der Waals surface area contributed by atoms with E-state index < -0.39 is 10.8 Å². The zero-order valence-electron chi connectivity index (χ0n) is 16.6. The molecule has 1 N–H and O–H groups in total. The van der Waals surface area contributed by atoms with Gasteiger partial charge in [-0.3, -0.25) is 19.7 Å². The van der Waals surface area contributed by atoms with Crippen molar-refractivity contribution < 1.29 is 14.5 Å². The fourth-order valence-corrected chi connectivity index (χ4v) is 3.64. The molecule has 0 saturated carbocycles. The maximum atomic E-state index is 12.8. The van der Waals surface area contributed by atoms with E-state index in [9.17, 15) is 19.7 Å². The molecule has 2 amide bonds. The van der Waals surface area contributed by atoms with Crippen molar-refractivity contribution in [1.82, 2.24) is 4.90 Å². The minimum absolute atomic E-state index is 0.0246. The maximum Gasteiger partial charge on any atom is 0.282 e. The van der Waals surface area contributed by atoms with Crippen LogP contribution in [0.5, 0.6) is 0 Å². The Balaban J connectivity index is 1.79. The van der Waals surface area contributed by atoms with E-state index in [4.69, 9.17) is 11.6 Å². The average Bonchev–Trinajstić information content (AvgIpc) is 2.74. The molecule has 3 rings (SSSR count). The van der Waals surface area contributed by atoms with E-state index in [1.54, 1.807) is 24.3 Å². The Bertz CT molecular complexity index is 958. The highest BCUT2D eigenvalue weighted by Crippen LogP contribution is 2.31. The first-order chi connectivity index (χ1) is 14.4. The van der Waals surface area contributed by atoms with Crippen molar-refractivity contribution in [2.24, 2.45) is 0 Å². The van der Waals surface area contributed by atoms with Crippen LogP contribution in [0.4, 0.5) is 17.1 Å². The molecule has 8 nitrogen and oxygen atoms in total. The second kappa shape index (κ2) is 9.58.